The van der Waals surface area contributed by atoms with Crippen LogP contribution in [0.5, 0.6) is 0 Å². The summed E-state index contributed by atoms with van der Waals surface area (Å²) in [6, 6.07) is 0. The molecule has 0 amide bonds. The van der Waals surface area contributed by atoms with Crippen molar-refractivity contribution in [1.29, 1.82) is 0 Å². The third-order valence-corrected chi connectivity index (χ3v) is 4.99. The quantitative estimate of drug-likeness (QED) is 0.687. The van der Waals surface area contributed by atoms with E-state index in [-0.39, 0.29) is 11.3 Å². The average molecular weight is 232 g/mol. The van der Waals surface area contributed by atoms with Crippen molar-refractivity contribution in [2.45, 2.75) is 44.9 Å². The number of fused-ring (bicyclic) bond motifs is 3. The fourth-order valence-electron chi connectivity index (χ4n) is 3.95. The number of aromatic nitrogens is 2. The molecule has 1 heterocycles. The van der Waals surface area contributed by atoms with E-state index in [1.807, 2.05) is 11.7 Å². The number of carbonyl (C=O) groups is 1. The van der Waals surface area contributed by atoms with Gasteiger partial charge in [0.25, 0.3) is 0 Å². The predicted molar refractivity (Wildman–Crippen MR) is 65.8 cm³/mol. The highest BCUT2D eigenvalue weighted by molar-refractivity contribution is 5.82. The molecule has 0 saturated heterocycles. The number of hydrogen-bond donors (Lipinski definition) is 0. The van der Waals surface area contributed by atoms with E-state index in [0.29, 0.717) is 11.7 Å². The van der Waals surface area contributed by atoms with Gasteiger partial charge in [-0.3, -0.25) is 9.48 Å². The maximum atomic E-state index is 11.9. The van der Waals surface area contributed by atoms with E-state index in [0.717, 1.165) is 25.7 Å². The first-order valence-electron chi connectivity index (χ1n) is 6.58. The normalized spacial score (nSPS) is 36.5. The highest BCUT2D eigenvalue weighted by Gasteiger charge is 2.49. The molecular weight excluding hydrogens is 212 g/mol. The Morgan fingerprint density at radius 3 is 3.00 bits per heavy atom. The van der Waals surface area contributed by atoms with E-state index in [2.05, 4.69) is 25.1 Å². The lowest BCUT2D eigenvalue weighted by Gasteiger charge is -2.46. The van der Waals surface area contributed by atoms with Gasteiger partial charge in [0.05, 0.1) is 5.69 Å². The lowest BCUT2D eigenvalue weighted by molar-refractivity contribution is -0.128. The Bertz CT molecular complexity index is 477. The number of ketones is 1. The molecule has 0 radical (unpaired) electrons. The predicted octanol–water partition coefficient (Wildman–Crippen LogP) is 2.24. The van der Waals surface area contributed by atoms with Crippen LogP contribution in [-0.2, 0) is 23.7 Å². The molecule has 17 heavy (non-hydrogen) atoms. The third kappa shape index (κ3) is 1.41. The van der Waals surface area contributed by atoms with Gasteiger partial charge in [0, 0.05) is 31.0 Å². The molecule has 2 aliphatic carbocycles. The molecule has 1 saturated carbocycles. The Balaban J connectivity index is 2.08. The zero-order chi connectivity index (χ0) is 12.2. The van der Waals surface area contributed by atoms with Crippen LogP contribution < -0.4 is 0 Å². The SMILES string of the molecule is C[C@@H]1C(=O)CC[C@]2(C)c3nn(C)cc3CC[C@@H]12. The van der Waals surface area contributed by atoms with Gasteiger partial charge < -0.3 is 0 Å². The van der Waals surface area contributed by atoms with Gasteiger partial charge >= 0.3 is 0 Å². The molecule has 1 aromatic rings. The van der Waals surface area contributed by atoms with Crippen molar-refractivity contribution in [3.8, 4) is 0 Å². The van der Waals surface area contributed by atoms with E-state index in [9.17, 15) is 4.79 Å². The fraction of sp³-hybridized carbons (Fsp3) is 0.714. The van der Waals surface area contributed by atoms with Crippen molar-refractivity contribution in [3.05, 3.63) is 17.5 Å². The fourth-order valence-corrected chi connectivity index (χ4v) is 3.95. The minimum absolute atomic E-state index is 0.127. The summed E-state index contributed by atoms with van der Waals surface area (Å²) in [6.07, 6.45) is 6.08. The number of carbonyl (C=O) groups excluding carboxylic acids is 1. The highest BCUT2D eigenvalue weighted by atomic mass is 16.1. The summed E-state index contributed by atoms with van der Waals surface area (Å²) in [5.74, 6) is 1.15. The Labute approximate surface area is 102 Å². The Hall–Kier alpha value is -1.12. The van der Waals surface area contributed by atoms with Gasteiger partial charge in [0.15, 0.2) is 0 Å². The number of hydrogen-bond acceptors (Lipinski definition) is 2. The smallest absolute Gasteiger partial charge is 0.136 e. The standard InChI is InChI=1S/C14H20N2O/c1-9-11-5-4-10-8-16(3)15-13(10)14(11,2)7-6-12(9)17/h8-9,11H,4-7H2,1-3H3/t9-,11-,14-/m0/s1. The second-order valence-electron chi connectivity index (χ2n) is 5.99. The van der Waals surface area contributed by atoms with Crippen molar-refractivity contribution in [1.82, 2.24) is 9.78 Å². The molecule has 2 aliphatic rings. The van der Waals surface area contributed by atoms with Crippen LogP contribution >= 0.6 is 0 Å². The van der Waals surface area contributed by atoms with Gasteiger partial charge in [-0.05, 0) is 30.7 Å². The molecule has 92 valence electrons. The van der Waals surface area contributed by atoms with Crippen LogP contribution in [0.25, 0.3) is 0 Å². The van der Waals surface area contributed by atoms with E-state index in [1.165, 1.54) is 11.3 Å². The average Bonchev–Trinajstić information content (AvgIpc) is 2.66. The molecule has 0 N–H and O–H groups in total. The first-order chi connectivity index (χ1) is 8.02. The molecule has 0 unspecified atom stereocenters. The molecule has 3 atom stereocenters. The van der Waals surface area contributed by atoms with Crippen molar-refractivity contribution in [2.24, 2.45) is 18.9 Å². The van der Waals surface area contributed by atoms with Crippen LogP contribution in [0.1, 0.15) is 44.4 Å². The maximum Gasteiger partial charge on any atom is 0.136 e. The number of Topliss-reactive ketones (excluding diaryl/α,β-unsaturated/α-hetero) is 1. The Kier molecular flexibility index (Phi) is 2.22. The Morgan fingerprint density at radius 2 is 2.24 bits per heavy atom. The summed E-state index contributed by atoms with van der Waals surface area (Å²) < 4.78 is 1.93. The number of aryl methyl sites for hydroxylation is 2. The van der Waals surface area contributed by atoms with Crippen molar-refractivity contribution >= 4 is 5.78 Å². The minimum Gasteiger partial charge on any atom is -0.299 e. The van der Waals surface area contributed by atoms with Gasteiger partial charge in [0.1, 0.15) is 5.78 Å². The van der Waals surface area contributed by atoms with Gasteiger partial charge in [-0.2, -0.15) is 5.10 Å². The summed E-state index contributed by atoms with van der Waals surface area (Å²) in [6.45, 7) is 4.42. The molecule has 0 spiro atoms. The third-order valence-electron chi connectivity index (χ3n) is 4.99. The summed E-state index contributed by atoms with van der Waals surface area (Å²) in [5, 5.41) is 4.67. The zero-order valence-electron chi connectivity index (χ0n) is 10.9. The van der Waals surface area contributed by atoms with Gasteiger partial charge in [-0.1, -0.05) is 13.8 Å². The molecule has 1 aromatic heterocycles. The molecule has 0 aromatic carbocycles. The first kappa shape index (κ1) is 11.0. The Morgan fingerprint density at radius 1 is 1.47 bits per heavy atom. The summed E-state index contributed by atoms with van der Waals surface area (Å²) in [5.41, 5.74) is 2.78. The molecule has 0 bridgehead atoms. The lowest BCUT2D eigenvalue weighted by atomic mass is 9.56. The molecular formula is C14H20N2O. The van der Waals surface area contributed by atoms with Crippen LogP contribution in [0, 0.1) is 11.8 Å². The topological polar surface area (TPSA) is 34.9 Å². The van der Waals surface area contributed by atoms with Crippen LogP contribution in [0.15, 0.2) is 6.20 Å². The molecule has 1 fully saturated rings. The molecule has 0 aliphatic heterocycles. The van der Waals surface area contributed by atoms with E-state index >= 15 is 0 Å². The molecule has 3 rings (SSSR count). The highest BCUT2D eigenvalue weighted by Crippen LogP contribution is 2.50. The first-order valence-corrected chi connectivity index (χ1v) is 6.58. The largest absolute Gasteiger partial charge is 0.299 e. The summed E-state index contributed by atoms with van der Waals surface area (Å²) >= 11 is 0. The van der Waals surface area contributed by atoms with E-state index in [4.69, 9.17) is 0 Å². The van der Waals surface area contributed by atoms with E-state index in [1.54, 1.807) is 0 Å². The minimum atomic E-state index is 0.127. The second kappa shape index (κ2) is 3.44. The lowest BCUT2D eigenvalue weighted by Crippen LogP contribution is -2.46. The van der Waals surface area contributed by atoms with Crippen LogP contribution in [0.2, 0.25) is 0 Å². The van der Waals surface area contributed by atoms with Gasteiger partial charge in [0.2, 0.25) is 0 Å². The zero-order valence-corrected chi connectivity index (χ0v) is 10.9. The van der Waals surface area contributed by atoms with Crippen LogP contribution in [0.3, 0.4) is 0 Å². The van der Waals surface area contributed by atoms with Crippen molar-refractivity contribution in [3.63, 3.8) is 0 Å². The molecule has 3 heteroatoms. The van der Waals surface area contributed by atoms with Gasteiger partial charge in [-0.15, -0.1) is 0 Å². The van der Waals surface area contributed by atoms with Gasteiger partial charge in [-0.25, -0.2) is 0 Å². The van der Waals surface area contributed by atoms with Crippen molar-refractivity contribution in [2.75, 3.05) is 0 Å². The number of nitrogens with zero attached hydrogens (tertiary/aromatic N) is 2. The van der Waals surface area contributed by atoms with E-state index < -0.39 is 0 Å². The van der Waals surface area contributed by atoms with Crippen LogP contribution in [0.4, 0.5) is 0 Å². The summed E-state index contributed by atoms with van der Waals surface area (Å²) in [4.78, 5) is 11.9. The maximum absolute atomic E-state index is 11.9. The molecule has 3 nitrogen and oxygen atoms in total. The summed E-state index contributed by atoms with van der Waals surface area (Å²) in [7, 11) is 1.99. The second-order valence-corrected chi connectivity index (χ2v) is 5.99. The van der Waals surface area contributed by atoms with Crippen LogP contribution in [-0.4, -0.2) is 15.6 Å². The number of rotatable bonds is 0. The van der Waals surface area contributed by atoms with Crippen molar-refractivity contribution < 1.29 is 4.79 Å². The monoisotopic (exact) mass is 232 g/mol.